The Morgan fingerprint density at radius 2 is 1.65 bits per heavy atom. The smallest absolute Gasteiger partial charge is 0.192 e. The molecule has 1 atom stereocenters. The van der Waals surface area contributed by atoms with E-state index < -0.39 is 4.87 Å². The van der Waals surface area contributed by atoms with Gasteiger partial charge in [0, 0.05) is 11.1 Å². The van der Waals surface area contributed by atoms with E-state index in [1.165, 1.54) is 5.56 Å². The molecule has 3 rings (SSSR count). The minimum Gasteiger partial charge on any atom is -0.289 e. The van der Waals surface area contributed by atoms with E-state index >= 15 is 0 Å². The minimum absolute atomic E-state index is 0.0589. The van der Waals surface area contributed by atoms with E-state index in [2.05, 4.69) is 12.1 Å². The molecule has 2 aromatic rings. The molecule has 0 radical (unpaired) electrons. The van der Waals surface area contributed by atoms with E-state index in [0.29, 0.717) is 6.42 Å². The van der Waals surface area contributed by atoms with Crippen LogP contribution in [-0.2, 0) is 6.42 Å². The molecule has 0 saturated heterocycles. The summed E-state index contributed by atoms with van der Waals surface area (Å²) in [6, 6.07) is 19.7. The maximum Gasteiger partial charge on any atom is 0.192 e. The second-order valence-electron chi connectivity index (χ2n) is 5.91. The number of benzene rings is 2. The van der Waals surface area contributed by atoms with Gasteiger partial charge in [0.15, 0.2) is 5.78 Å². The molecule has 0 amide bonds. The first kappa shape index (κ1) is 15.8. The molecule has 1 aliphatic carbocycles. The summed E-state index contributed by atoms with van der Waals surface area (Å²) >= 11 is 6.70. The van der Waals surface area contributed by atoms with E-state index in [9.17, 15) is 4.79 Å². The van der Waals surface area contributed by atoms with Crippen molar-refractivity contribution in [2.24, 2.45) is 0 Å². The van der Waals surface area contributed by atoms with Crippen LogP contribution in [0.25, 0.3) is 0 Å². The highest BCUT2D eigenvalue weighted by atomic mass is 35.5. The van der Waals surface area contributed by atoms with Gasteiger partial charge in [-0.1, -0.05) is 78.9 Å². The lowest BCUT2D eigenvalue weighted by Crippen LogP contribution is -2.22. The van der Waals surface area contributed by atoms with Crippen molar-refractivity contribution < 1.29 is 4.79 Å². The molecule has 2 heteroatoms. The highest BCUT2D eigenvalue weighted by Crippen LogP contribution is 2.33. The largest absolute Gasteiger partial charge is 0.289 e. The average molecular weight is 323 g/mol. The lowest BCUT2D eigenvalue weighted by atomic mass is 9.88. The van der Waals surface area contributed by atoms with E-state index in [-0.39, 0.29) is 5.78 Å². The van der Waals surface area contributed by atoms with E-state index in [1.54, 1.807) is 0 Å². The first-order valence-electron chi connectivity index (χ1n) is 7.88. The van der Waals surface area contributed by atoms with Crippen LogP contribution in [0.4, 0.5) is 0 Å². The fourth-order valence-electron chi connectivity index (χ4n) is 2.76. The van der Waals surface area contributed by atoms with Gasteiger partial charge in [-0.2, -0.15) is 0 Å². The predicted molar refractivity (Wildman–Crippen MR) is 96.0 cm³/mol. The fraction of sp³-hybridized carbons (Fsp3) is 0.190. The second kappa shape index (κ2) is 6.97. The fourth-order valence-corrected chi connectivity index (χ4v) is 3.00. The van der Waals surface area contributed by atoms with Crippen molar-refractivity contribution in [3.8, 4) is 0 Å². The molecule has 0 aliphatic heterocycles. The summed E-state index contributed by atoms with van der Waals surface area (Å²) in [5.41, 5.74) is 2.73. The summed E-state index contributed by atoms with van der Waals surface area (Å²) in [7, 11) is 0. The van der Waals surface area contributed by atoms with Crippen LogP contribution in [-0.4, -0.2) is 10.7 Å². The van der Waals surface area contributed by atoms with Gasteiger partial charge >= 0.3 is 0 Å². The van der Waals surface area contributed by atoms with Crippen LogP contribution in [0.3, 0.4) is 0 Å². The number of carbonyl (C=O) groups excluding carboxylic acids is 1. The molecule has 1 nitrogen and oxygen atoms in total. The van der Waals surface area contributed by atoms with Crippen LogP contribution >= 0.6 is 11.6 Å². The van der Waals surface area contributed by atoms with E-state index in [4.69, 9.17) is 11.6 Å². The van der Waals surface area contributed by atoms with E-state index in [0.717, 1.165) is 24.0 Å². The van der Waals surface area contributed by atoms with Gasteiger partial charge in [-0.15, -0.1) is 11.6 Å². The van der Waals surface area contributed by atoms with Crippen LogP contribution in [0.2, 0.25) is 0 Å². The molecule has 0 heterocycles. The lowest BCUT2D eigenvalue weighted by Gasteiger charge is -2.25. The van der Waals surface area contributed by atoms with Gasteiger partial charge in [-0.25, -0.2) is 0 Å². The van der Waals surface area contributed by atoms with Gasteiger partial charge in [0.2, 0.25) is 0 Å². The molecule has 2 aromatic carbocycles. The summed E-state index contributed by atoms with van der Waals surface area (Å²) < 4.78 is 0. The first-order chi connectivity index (χ1) is 11.2. The number of alkyl halides is 1. The van der Waals surface area contributed by atoms with Gasteiger partial charge in [0.25, 0.3) is 0 Å². The number of rotatable bonds is 5. The number of hydrogen-bond donors (Lipinski definition) is 0. The van der Waals surface area contributed by atoms with Crippen LogP contribution in [0.5, 0.6) is 0 Å². The Labute approximate surface area is 142 Å². The third-order valence-electron chi connectivity index (χ3n) is 4.19. The summed E-state index contributed by atoms with van der Waals surface area (Å²) in [5.74, 6) is 0.0589. The molecule has 0 N–H and O–H groups in total. The van der Waals surface area contributed by atoms with Gasteiger partial charge < -0.3 is 0 Å². The van der Waals surface area contributed by atoms with Crippen molar-refractivity contribution in [3.05, 3.63) is 95.6 Å². The number of halogens is 1. The maximum atomic E-state index is 12.4. The Balaban J connectivity index is 1.63. The normalized spacial score (nSPS) is 20.1. The second-order valence-corrected chi connectivity index (χ2v) is 6.67. The molecule has 23 heavy (non-hydrogen) atoms. The zero-order chi connectivity index (χ0) is 16.1. The molecule has 0 bridgehead atoms. The molecule has 0 fully saturated rings. The summed E-state index contributed by atoms with van der Waals surface area (Å²) in [5, 5.41) is 0. The van der Waals surface area contributed by atoms with E-state index in [1.807, 2.05) is 66.8 Å². The topological polar surface area (TPSA) is 17.1 Å². The molecule has 0 saturated carbocycles. The number of aryl methyl sites for hydroxylation is 1. The quantitative estimate of drug-likeness (QED) is 0.534. The molecular weight excluding hydrogens is 304 g/mol. The van der Waals surface area contributed by atoms with Crippen molar-refractivity contribution in [1.82, 2.24) is 0 Å². The Kier molecular flexibility index (Phi) is 4.78. The molecule has 1 unspecified atom stereocenters. The number of ketones is 1. The Bertz CT molecular complexity index is 731. The SMILES string of the molecule is O=C(C1=CCC(Cl)(CCc2ccccc2)C=C1)c1ccccc1. The maximum absolute atomic E-state index is 12.4. The highest BCUT2D eigenvalue weighted by Gasteiger charge is 2.26. The third-order valence-corrected chi connectivity index (χ3v) is 4.66. The zero-order valence-electron chi connectivity index (χ0n) is 12.9. The zero-order valence-corrected chi connectivity index (χ0v) is 13.7. The van der Waals surface area contributed by atoms with Crippen LogP contribution in [0, 0.1) is 0 Å². The summed E-state index contributed by atoms with van der Waals surface area (Å²) in [6.07, 6.45) is 8.30. The molecule has 0 aromatic heterocycles. The monoisotopic (exact) mass is 322 g/mol. The highest BCUT2D eigenvalue weighted by molar-refractivity contribution is 6.26. The molecule has 116 valence electrons. The Morgan fingerprint density at radius 1 is 1.00 bits per heavy atom. The van der Waals surface area contributed by atoms with Crippen molar-refractivity contribution in [3.63, 3.8) is 0 Å². The van der Waals surface area contributed by atoms with Gasteiger partial charge in [0.05, 0.1) is 4.87 Å². The van der Waals surface area contributed by atoms with Gasteiger partial charge in [-0.05, 0) is 24.8 Å². The van der Waals surface area contributed by atoms with Crippen LogP contribution in [0.15, 0.2) is 84.5 Å². The van der Waals surface area contributed by atoms with Gasteiger partial charge in [0.1, 0.15) is 0 Å². The Hall–Kier alpha value is -2.12. The Morgan fingerprint density at radius 3 is 2.26 bits per heavy atom. The van der Waals surface area contributed by atoms with Crippen LogP contribution < -0.4 is 0 Å². The summed E-state index contributed by atoms with van der Waals surface area (Å²) in [4.78, 5) is 12.0. The minimum atomic E-state index is -0.393. The van der Waals surface area contributed by atoms with Gasteiger partial charge in [-0.3, -0.25) is 4.79 Å². The van der Waals surface area contributed by atoms with Crippen molar-refractivity contribution >= 4 is 17.4 Å². The number of hydrogen-bond acceptors (Lipinski definition) is 1. The van der Waals surface area contributed by atoms with Crippen molar-refractivity contribution in [2.45, 2.75) is 24.1 Å². The van der Waals surface area contributed by atoms with Crippen molar-refractivity contribution in [1.29, 1.82) is 0 Å². The molecular formula is C21H19ClO. The molecule has 0 spiro atoms. The lowest BCUT2D eigenvalue weighted by molar-refractivity contribution is 0.103. The third kappa shape index (κ3) is 4.00. The van der Waals surface area contributed by atoms with Crippen LogP contribution in [0.1, 0.15) is 28.8 Å². The summed E-state index contributed by atoms with van der Waals surface area (Å²) in [6.45, 7) is 0. The number of Topliss-reactive ketones (excluding diaryl/α,β-unsaturated/α-hetero) is 1. The standard InChI is InChI=1S/C21H19ClO/c22-21(14-11-17-7-3-1-4-8-17)15-12-19(13-16-21)20(23)18-9-5-2-6-10-18/h1-10,12-13,15H,11,14,16H2. The first-order valence-corrected chi connectivity index (χ1v) is 8.26. The van der Waals surface area contributed by atoms with Crippen molar-refractivity contribution in [2.75, 3.05) is 0 Å². The number of allylic oxidation sites excluding steroid dienone is 4. The average Bonchev–Trinajstić information content (AvgIpc) is 2.62. The predicted octanol–water partition coefficient (Wildman–Crippen LogP) is 5.37. The molecule has 1 aliphatic rings. The number of carbonyl (C=O) groups is 1.